The third kappa shape index (κ3) is 4.23. The van der Waals surface area contributed by atoms with E-state index < -0.39 is 0 Å². The van der Waals surface area contributed by atoms with Crippen molar-refractivity contribution in [3.05, 3.63) is 63.4 Å². The van der Waals surface area contributed by atoms with E-state index in [2.05, 4.69) is 33.7 Å². The molecule has 2 atom stereocenters. The van der Waals surface area contributed by atoms with Gasteiger partial charge < -0.3 is 10.6 Å². The summed E-state index contributed by atoms with van der Waals surface area (Å²) in [5, 5.41) is 12.0. The predicted octanol–water partition coefficient (Wildman–Crippen LogP) is 4.97. The van der Waals surface area contributed by atoms with Crippen molar-refractivity contribution in [2.75, 3.05) is 5.32 Å². The summed E-state index contributed by atoms with van der Waals surface area (Å²) >= 11 is 1.31. The number of nitrogens with zero attached hydrogens (tertiary/aromatic N) is 3. The lowest BCUT2D eigenvalue weighted by Crippen LogP contribution is -2.41. The Morgan fingerprint density at radius 3 is 2.76 bits per heavy atom. The monoisotopic (exact) mass is 461 g/mol. The van der Waals surface area contributed by atoms with E-state index in [1.165, 1.54) is 22.3 Å². The number of amides is 1. The summed E-state index contributed by atoms with van der Waals surface area (Å²) in [4.78, 5) is 31.1. The molecular formula is C25H27N5O2S. The summed E-state index contributed by atoms with van der Waals surface area (Å²) < 4.78 is 1.32. The van der Waals surface area contributed by atoms with E-state index in [4.69, 9.17) is 0 Å². The van der Waals surface area contributed by atoms with Crippen LogP contribution in [0.1, 0.15) is 54.1 Å². The van der Waals surface area contributed by atoms with Crippen molar-refractivity contribution >= 4 is 43.9 Å². The fraction of sp³-hybridized carbons (Fsp3) is 0.360. The van der Waals surface area contributed by atoms with Crippen molar-refractivity contribution in [2.45, 2.75) is 52.5 Å². The zero-order chi connectivity index (χ0) is 23.1. The van der Waals surface area contributed by atoms with Crippen LogP contribution >= 0.6 is 11.3 Å². The van der Waals surface area contributed by atoms with Gasteiger partial charge in [-0.15, -0.1) is 5.10 Å². The summed E-state index contributed by atoms with van der Waals surface area (Å²) in [6.07, 6.45) is 4.52. The van der Waals surface area contributed by atoms with Crippen LogP contribution in [0.2, 0.25) is 0 Å². The van der Waals surface area contributed by atoms with Crippen molar-refractivity contribution in [3.8, 4) is 0 Å². The van der Waals surface area contributed by atoms with Gasteiger partial charge in [0.05, 0.1) is 10.9 Å². The van der Waals surface area contributed by atoms with Gasteiger partial charge >= 0.3 is 0 Å². The number of nitrogens with one attached hydrogen (secondary N) is 2. The number of aryl methyl sites for hydroxylation is 2. The molecule has 1 saturated carbocycles. The van der Waals surface area contributed by atoms with Crippen LogP contribution in [0.3, 0.4) is 0 Å². The maximum atomic E-state index is 13.1. The molecule has 1 amide bonds. The zero-order valence-electron chi connectivity index (χ0n) is 19.0. The lowest BCUT2D eigenvalue weighted by atomic mass is 9.86. The van der Waals surface area contributed by atoms with Gasteiger partial charge in [-0.2, -0.15) is 4.52 Å². The Hall–Kier alpha value is -3.26. The molecule has 0 aliphatic heterocycles. The molecule has 0 radical (unpaired) electrons. The highest BCUT2D eigenvalue weighted by molar-refractivity contribution is 7.20. The average Bonchev–Trinajstić information content (AvgIpc) is 3.20. The fourth-order valence-electron chi connectivity index (χ4n) is 4.47. The van der Waals surface area contributed by atoms with Gasteiger partial charge in [-0.3, -0.25) is 9.59 Å². The van der Waals surface area contributed by atoms with Crippen LogP contribution in [0.15, 0.2) is 41.2 Å². The normalized spacial score (nSPS) is 18.5. The second-order valence-corrected chi connectivity index (χ2v) is 9.99. The standard InChI is InChI=1S/C25H27N5O2S/c1-14-8-9-16(3)20(12-14)27-24-29-30-23(32)18-11-10-17(13-21(18)28-25(30)33-24)22(31)26-19-7-5-4-6-15(19)2/h8-13,15,19H,4-7H2,1-3H3,(H,26,31)(H,27,29)/t15-,19+/m0/s1. The lowest BCUT2D eigenvalue weighted by Gasteiger charge is -2.29. The number of hydrogen-bond acceptors (Lipinski definition) is 6. The second-order valence-electron chi connectivity index (χ2n) is 9.04. The number of fused-ring (bicyclic) bond motifs is 2. The second kappa shape index (κ2) is 8.59. The van der Waals surface area contributed by atoms with E-state index in [9.17, 15) is 9.59 Å². The van der Waals surface area contributed by atoms with Crippen molar-refractivity contribution in [1.29, 1.82) is 0 Å². The zero-order valence-corrected chi connectivity index (χ0v) is 19.8. The van der Waals surface area contributed by atoms with Crippen LogP contribution in [0, 0.1) is 19.8 Å². The van der Waals surface area contributed by atoms with Gasteiger partial charge in [0.1, 0.15) is 0 Å². The highest BCUT2D eigenvalue weighted by Gasteiger charge is 2.23. The quantitative estimate of drug-likeness (QED) is 0.448. The molecule has 2 aromatic carbocycles. The molecule has 1 fully saturated rings. The summed E-state index contributed by atoms with van der Waals surface area (Å²) in [7, 11) is 0. The summed E-state index contributed by atoms with van der Waals surface area (Å²) in [6.45, 7) is 6.25. The topological polar surface area (TPSA) is 88.4 Å². The average molecular weight is 462 g/mol. The minimum Gasteiger partial charge on any atom is -0.349 e. The van der Waals surface area contributed by atoms with E-state index >= 15 is 0 Å². The molecule has 1 aliphatic carbocycles. The molecule has 33 heavy (non-hydrogen) atoms. The number of benzene rings is 2. The summed E-state index contributed by atoms with van der Waals surface area (Å²) in [5.74, 6) is 0.366. The van der Waals surface area contributed by atoms with Gasteiger partial charge in [0.25, 0.3) is 11.5 Å². The maximum Gasteiger partial charge on any atom is 0.283 e. The minimum atomic E-state index is -0.242. The van der Waals surface area contributed by atoms with Gasteiger partial charge in [-0.25, -0.2) is 4.98 Å². The van der Waals surface area contributed by atoms with Crippen LogP contribution in [-0.4, -0.2) is 26.5 Å². The van der Waals surface area contributed by atoms with E-state index in [1.807, 2.05) is 26.0 Å². The molecule has 2 heterocycles. The molecule has 0 saturated heterocycles. The maximum absolute atomic E-state index is 13.1. The minimum absolute atomic E-state index is 0.112. The predicted molar refractivity (Wildman–Crippen MR) is 133 cm³/mol. The molecule has 0 spiro atoms. The molecule has 0 bridgehead atoms. The van der Waals surface area contributed by atoms with Crippen LogP contribution in [-0.2, 0) is 0 Å². The first-order valence-electron chi connectivity index (χ1n) is 11.4. The number of carbonyl (C=O) groups excluding carboxylic acids is 1. The molecule has 4 aromatic rings. The highest BCUT2D eigenvalue weighted by atomic mass is 32.1. The Labute approximate surface area is 195 Å². The number of hydrogen-bond donors (Lipinski definition) is 2. The van der Waals surface area contributed by atoms with Crippen LogP contribution in [0.4, 0.5) is 10.8 Å². The smallest absolute Gasteiger partial charge is 0.283 e. The molecule has 0 unspecified atom stereocenters. The van der Waals surface area contributed by atoms with Crippen molar-refractivity contribution < 1.29 is 4.79 Å². The molecule has 5 rings (SSSR count). The highest BCUT2D eigenvalue weighted by Crippen LogP contribution is 2.26. The number of aromatic nitrogens is 3. The Morgan fingerprint density at radius 1 is 1.12 bits per heavy atom. The molecular weight excluding hydrogens is 434 g/mol. The van der Waals surface area contributed by atoms with Crippen molar-refractivity contribution in [3.63, 3.8) is 0 Å². The summed E-state index contributed by atoms with van der Waals surface area (Å²) in [5.41, 5.74) is 3.96. The Bertz CT molecular complexity index is 1420. The first kappa shape index (κ1) is 21.6. The van der Waals surface area contributed by atoms with E-state index in [0.29, 0.717) is 32.5 Å². The summed E-state index contributed by atoms with van der Waals surface area (Å²) in [6, 6.07) is 11.4. The lowest BCUT2D eigenvalue weighted by molar-refractivity contribution is 0.0910. The SMILES string of the molecule is Cc1ccc(C)c(Nc2nn3c(=O)c4ccc(C(=O)N[C@@H]5CCCC[C@@H]5C)cc4nc3s2)c1. The third-order valence-electron chi connectivity index (χ3n) is 6.52. The van der Waals surface area contributed by atoms with Gasteiger partial charge in [0, 0.05) is 17.3 Å². The molecule has 1 aliphatic rings. The van der Waals surface area contributed by atoms with Crippen LogP contribution < -0.4 is 16.2 Å². The fourth-order valence-corrected chi connectivity index (χ4v) is 5.28. The number of anilines is 2. The largest absolute Gasteiger partial charge is 0.349 e. The molecule has 7 nitrogen and oxygen atoms in total. The Kier molecular flexibility index (Phi) is 5.62. The van der Waals surface area contributed by atoms with E-state index in [1.54, 1.807) is 18.2 Å². The first-order chi connectivity index (χ1) is 15.9. The molecule has 2 N–H and O–H groups in total. The Morgan fingerprint density at radius 2 is 1.94 bits per heavy atom. The molecule has 2 aromatic heterocycles. The van der Waals surface area contributed by atoms with Crippen LogP contribution in [0.5, 0.6) is 0 Å². The Balaban J connectivity index is 1.46. The number of rotatable bonds is 4. The van der Waals surface area contributed by atoms with Crippen molar-refractivity contribution in [1.82, 2.24) is 19.9 Å². The van der Waals surface area contributed by atoms with E-state index in [0.717, 1.165) is 36.1 Å². The van der Waals surface area contributed by atoms with Crippen molar-refractivity contribution in [2.24, 2.45) is 5.92 Å². The van der Waals surface area contributed by atoms with Crippen LogP contribution in [0.25, 0.3) is 15.9 Å². The number of carbonyl (C=O) groups is 1. The molecule has 8 heteroatoms. The van der Waals surface area contributed by atoms with E-state index in [-0.39, 0.29) is 17.5 Å². The van der Waals surface area contributed by atoms with Gasteiger partial charge in [0.15, 0.2) is 0 Å². The molecule has 170 valence electrons. The van der Waals surface area contributed by atoms with Gasteiger partial charge in [-0.1, -0.05) is 43.2 Å². The van der Waals surface area contributed by atoms with Gasteiger partial charge in [0.2, 0.25) is 10.1 Å². The third-order valence-corrected chi connectivity index (χ3v) is 7.35. The first-order valence-corrected chi connectivity index (χ1v) is 12.2. The van der Waals surface area contributed by atoms with Gasteiger partial charge in [-0.05, 0) is 68.0 Å².